The van der Waals surface area contributed by atoms with Crippen LogP contribution in [0.3, 0.4) is 0 Å². The topological polar surface area (TPSA) is 52.7 Å². The minimum atomic E-state index is 0.113. The van der Waals surface area contributed by atoms with Gasteiger partial charge in [-0.2, -0.15) is 0 Å². The molecule has 6 heteroatoms. The molecule has 2 aromatic rings. The van der Waals surface area contributed by atoms with E-state index in [1.165, 1.54) is 5.56 Å². The number of piperidine rings is 2. The molecule has 0 bridgehead atoms. The van der Waals surface area contributed by atoms with E-state index in [1.807, 2.05) is 47.4 Å². The average Bonchev–Trinajstić information content (AvgIpc) is 2.85. The van der Waals surface area contributed by atoms with E-state index in [0.717, 1.165) is 68.3 Å². The SMILES string of the molecule is O=C(NCCc1ccccc1)C1CCN(C2CCN(C(=O)c3ccccc3Br)CC2)CC1. The number of hydrogen-bond acceptors (Lipinski definition) is 3. The van der Waals surface area contributed by atoms with Crippen LogP contribution in [0.1, 0.15) is 41.6 Å². The molecule has 2 aliphatic heterocycles. The van der Waals surface area contributed by atoms with E-state index in [1.54, 1.807) is 0 Å². The number of rotatable bonds is 6. The standard InChI is InChI=1S/C26H32BrN3O2/c27-24-9-5-4-8-23(24)26(32)30-18-13-22(14-19-30)29-16-11-21(12-17-29)25(31)28-15-10-20-6-2-1-3-7-20/h1-9,21-22H,10-19H2,(H,28,31). The third-order valence-electron chi connectivity index (χ3n) is 6.83. The molecule has 5 nitrogen and oxygen atoms in total. The fraction of sp³-hybridized carbons (Fsp3) is 0.462. The molecule has 0 aliphatic carbocycles. The van der Waals surface area contributed by atoms with Gasteiger partial charge in [0, 0.05) is 36.1 Å². The van der Waals surface area contributed by atoms with Gasteiger partial charge in [-0.25, -0.2) is 0 Å². The van der Waals surface area contributed by atoms with Gasteiger partial charge in [-0.15, -0.1) is 0 Å². The number of nitrogens with one attached hydrogen (secondary N) is 1. The molecular formula is C26H32BrN3O2. The first-order chi connectivity index (χ1) is 15.6. The van der Waals surface area contributed by atoms with E-state index < -0.39 is 0 Å². The van der Waals surface area contributed by atoms with Crippen molar-refractivity contribution >= 4 is 27.7 Å². The van der Waals surface area contributed by atoms with Crippen LogP contribution in [-0.4, -0.2) is 60.4 Å². The molecule has 0 aromatic heterocycles. The molecule has 0 spiro atoms. The number of likely N-dealkylation sites (tertiary alicyclic amines) is 2. The lowest BCUT2D eigenvalue weighted by molar-refractivity contribution is -0.126. The highest BCUT2D eigenvalue weighted by atomic mass is 79.9. The van der Waals surface area contributed by atoms with Gasteiger partial charge in [0.15, 0.2) is 0 Å². The van der Waals surface area contributed by atoms with Crippen molar-refractivity contribution in [2.45, 2.75) is 38.1 Å². The van der Waals surface area contributed by atoms with Crippen molar-refractivity contribution in [3.05, 3.63) is 70.2 Å². The Kier molecular flexibility index (Phi) is 7.98. The molecule has 2 saturated heterocycles. The highest BCUT2D eigenvalue weighted by Crippen LogP contribution is 2.26. The summed E-state index contributed by atoms with van der Waals surface area (Å²) in [6.45, 7) is 4.24. The minimum Gasteiger partial charge on any atom is -0.356 e. The summed E-state index contributed by atoms with van der Waals surface area (Å²) in [5.74, 6) is 0.440. The van der Waals surface area contributed by atoms with E-state index in [-0.39, 0.29) is 17.7 Å². The molecule has 2 aromatic carbocycles. The number of nitrogens with zero attached hydrogens (tertiary/aromatic N) is 2. The van der Waals surface area contributed by atoms with Crippen molar-refractivity contribution in [1.82, 2.24) is 15.1 Å². The minimum absolute atomic E-state index is 0.113. The molecule has 0 unspecified atom stereocenters. The predicted molar refractivity (Wildman–Crippen MR) is 131 cm³/mol. The molecular weight excluding hydrogens is 466 g/mol. The van der Waals surface area contributed by atoms with Crippen LogP contribution in [0.5, 0.6) is 0 Å². The first-order valence-corrected chi connectivity index (χ1v) is 12.5. The number of benzene rings is 2. The smallest absolute Gasteiger partial charge is 0.254 e. The Hall–Kier alpha value is -2.18. The normalized spacial score (nSPS) is 18.5. The lowest BCUT2D eigenvalue weighted by atomic mass is 9.92. The van der Waals surface area contributed by atoms with Gasteiger partial charge in [-0.1, -0.05) is 42.5 Å². The summed E-state index contributed by atoms with van der Waals surface area (Å²) in [7, 11) is 0. The molecule has 2 heterocycles. The maximum atomic E-state index is 12.8. The van der Waals surface area contributed by atoms with Crippen LogP contribution in [0, 0.1) is 5.92 Å². The number of hydrogen-bond donors (Lipinski definition) is 1. The molecule has 2 fully saturated rings. The van der Waals surface area contributed by atoms with Gasteiger partial charge in [0.25, 0.3) is 5.91 Å². The number of carbonyl (C=O) groups is 2. The molecule has 1 N–H and O–H groups in total. The Morgan fingerprint density at radius 3 is 2.22 bits per heavy atom. The highest BCUT2D eigenvalue weighted by molar-refractivity contribution is 9.10. The van der Waals surface area contributed by atoms with Gasteiger partial charge in [0.1, 0.15) is 0 Å². The van der Waals surface area contributed by atoms with E-state index in [9.17, 15) is 9.59 Å². The van der Waals surface area contributed by atoms with Gasteiger partial charge in [-0.3, -0.25) is 9.59 Å². The summed E-state index contributed by atoms with van der Waals surface area (Å²) in [4.78, 5) is 29.9. The quantitative estimate of drug-likeness (QED) is 0.652. The van der Waals surface area contributed by atoms with Gasteiger partial charge in [-0.05, 0) is 78.8 Å². The largest absolute Gasteiger partial charge is 0.356 e. The molecule has 4 rings (SSSR count). The molecule has 0 radical (unpaired) electrons. The van der Waals surface area contributed by atoms with E-state index in [2.05, 4.69) is 38.3 Å². The summed E-state index contributed by atoms with van der Waals surface area (Å²) in [5, 5.41) is 3.13. The first-order valence-electron chi connectivity index (χ1n) is 11.7. The van der Waals surface area contributed by atoms with E-state index in [0.29, 0.717) is 12.6 Å². The molecule has 2 amide bonds. The Morgan fingerprint density at radius 2 is 1.53 bits per heavy atom. The monoisotopic (exact) mass is 497 g/mol. The van der Waals surface area contributed by atoms with Crippen LogP contribution >= 0.6 is 15.9 Å². The van der Waals surface area contributed by atoms with Crippen molar-refractivity contribution in [2.24, 2.45) is 5.92 Å². The Morgan fingerprint density at radius 1 is 0.875 bits per heavy atom. The zero-order valence-electron chi connectivity index (χ0n) is 18.5. The fourth-order valence-electron chi connectivity index (χ4n) is 4.88. The number of halogens is 1. The Balaban J connectivity index is 1.18. The van der Waals surface area contributed by atoms with Crippen molar-refractivity contribution in [1.29, 1.82) is 0 Å². The molecule has 2 aliphatic rings. The van der Waals surface area contributed by atoms with Crippen LogP contribution < -0.4 is 5.32 Å². The maximum absolute atomic E-state index is 12.8. The Labute approximate surface area is 199 Å². The fourth-order valence-corrected chi connectivity index (χ4v) is 5.34. The lowest BCUT2D eigenvalue weighted by Gasteiger charge is -2.41. The van der Waals surface area contributed by atoms with Crippen molar-refractivity contribution in [3.63, 3.8) is 0 Å². The van der Waals surface area contributed by atoms with Crippen molar-refractivity contribution in [2.75, 3.05) is 32.7 Å². The Bertz CT molecular complexity index is 904. The van der Waals surface area contributed by atoms with Crippen LogP contribution in [-0.2, 0) is 11.2 Å². The average molecular weight is 498 g/mol. The second kappa shape index (κ2) is 11.1. The number of amides is 2. The highest BCUT2D eigenvalue weighted by Gasteiger charge is 2.32. The molecule has 170 valence electrons. The summed E-state index contributed by atoms with van der Waals surface area (Å²) < 4.78 is 0.858. The van der Waals surface area contributed by atoms with Crippen molar-refractivity contribution < 1.29 is 9.59 Å². The predicted octanol–water partition coefficient (Wildman–Crippen LogP) is 4.12. The van der Waals surface area contributed by atoms with Gasteiger partial charge in [0.05, 0.1) is 5.56 Å². The summed E-state index contributed by atoms with van der Waals surface area (Å²) in [6, 6.07) is 18.4. The van der Waals surface area contributed by atoms with Crippen LogP contribution in [0.15, 0.2) is 59.1 Å². The van der Waals surface area contributed by atoms with Crippen LogP contribution in [0.2, 0.25) is 0 Å². The summed E-state index contributed by atoms with van der Waals surface area (Å²) in [6.07, 6.45) is 4.73. The molecule has 32 heavy (non-hydrogen) atoms. The van der Waals surface area contributed by atoms with Crippen molar-refractivity contribution in [3.8, 4) is 0 Å². The van der Waals surface area contributed by atoms with E-state index >= 15 is 0 Å². The third kappa shape index (κ3) is 5.78. The second-order valence-electron chi connectivity index (χ2n) is 8.84. The summed E-state index contributed by atoms with van der Waals surface area (Å²) in [5.41, 5.74) is 2.00. The number of carbonyl (C=O) groups excluding carboxylic acids is 2. The maximum Gasteiger partial charge on any atom is 0.254 e. The van der Waals surface area contributed by atoms with Gasteiger partial charge >= 0.3 is 0 Å². The zero-order chi connectivity index (χ0) is 22.3. The van der Waals surface area contributed by atoms with Crippen LogP contribution in [0.25, 0.3) is 0 Å². The molecule has 0 atom stereocenters. The lowest BCUT2D eigenvalue weighted by Crippen LogP contribution is -2.50. The third-order valence-corrected chi connectivity index (χ3v) is 7.52. The first kappa shape index (κ1) is 23.0. The summed E-state index contributed by atoms with van der Waals surface area (Å²) >= 11 is 3.49. The van der Waals surface area contributed by atoms with Crippen LogP contribution in [0.4, 0.5) is 0 Å². The second-order valence-corrected chi connectivity index (χ2v) is 9.69. The zero-order valence-corrected chi connectivity index (χ0v) is 20.1. The van der Waals surface area contributed by atoms with Gasteiger partial charge < -0.3 is 15.1 Å². The van der Waals surface area contributed by atoms with Gasteiger partial charge in [0.2, 0.25) is 5.91 Å². The molecule has 0 saturated carbocycles. The van der Waals surface area contributed by atoms with E-state index in [4.69, 9.17) is 0 Å².